The number of nitrogens with zero attached hydrogens (tertiary/aromatic N) is 1. The number of guanidine groups is 1. The molecule has 0 spiro atoms. The molecule has 4 nitrogen and oxygen atoms in total. The third-order valence-corrected chi connectivity index (χ3v) is 0.788. The molecule has 1 aliphatic rings. The van der Waals surface area contributed by atoms with Crippen molar-refractivity contribution in [2.75, 3.05) is 6.61 Å². The molecular weight excluding hydrogens is 106 g/mol. The Morgan fingerprint density at radius 3 is 2.88 bits per heavy atom. The monoisotopic (exact) mass is 113 g/mol. The lowest BCUT2D eigenvalue weighted by molar-refractivity contribution is -0.0277. The Labute approximate surface area is 47.0 Å². The van der Waals surface area contributed by atoms with Crippen LogP contribution in [0.3, 0.4) is 0 Å². The van der Waals surface area contributed by atoms with Gasteiger partial charge in [0, 0.05) is 6.20 Å². The fraction of sp³-hybridized carbons (Fsp3) is 0.250. The van der Waals surface area contributed by atoms with Gasteiger partial charge in [-0.25, -0.2) is 0 Å². The molecule has 0 fully saturated rings. The van der Waals surface area contributed by atoms with Crippen LogP contribution in [0.2, 0.25) is 0 Å². The summed E-state index contributed by atoms with van der Waals surface area (Å²) in [5, 5.41) is 8.03. The third-order valence-electron chi connectivity index (χ3n) is 0.788. The topological polar surface area (TPSA) is 62.3 Å². The van der Waals surface area contributed by atoms with Crippen LogP contribution in [-0.4, -0.2) is 17.6 Å². The van der Waals surface area contributed by atoms with Crippen molar-refractivity contribution in [3.8, 4) is 0 Å². The van der Waals surface area contributed by atoms with Gasteiger partial charge >= 0.3 is 0 Å². The molecule has 1 rings (SSSR count). The van der Waals surface area contributed by atoms with Crippen LogP contribution in [0.25, 0.3) is 0 Å². The predicted molar refractivity (Wildman–Crippen MR) is 28.8 cm³/mol. The fourth-order valence-electron chi connectivity index (χ4n) is 0.455. The molecule has 0 aromatic rings. The van der Waals surface area contributed by atoms with E-state index in [1.54, 1.807) is 12.3 Å². The number of hydroxylamine groups is 2. The molecule has 1 aliphatic heterocycles. The van der Waals surface area contributed by atoms with Crippen molar-refractivity contribution < 1.29 is 4.84 Å². The van der Waals surface area contributed by atoms with Crippen molar-refractivity contribution in [3.05, 3.63) is 12.3 Å². The van der Waals surface area contributed by atoms with Crippen molar-refractivity contribution in [1.29, 1.82) is 5.41 Å². The average Bonchev–Trinajstić information content (AvgIpc) is 2.12. The minimum Gasteiger partial charge on any atom is -0.368 e. The quantitative estimate of drug-likeness (QED) is 0.333. The second-order valence-corrected chi connectivity index (χ2v) is 1.39. The third kappa shape index (κ3) is 0.788. The molecule has 44 valence electrons. The normalized spacial score (nSPS) is 17.2. The molecule has 1 heterocycles. The summed E-state index contributed by atoms with van der Waals surface area (Å²) in [6.07, 6.45) is 3.39. The highest BCUT2D eigenvalue weighted by Gasteiger charge is 2.05. The van der Waals surface area contributed by atoms with Crippen LogP contribution < -0.4 is 5.73 Å². The van der Waals surface area contributed by atoms with Crippen molar-refractivity contribution in [2.45, 2.75) is 0 Å². The zero-order chi connectivity index (χ0) is 5.98. The zero-order valence-electron chi connectivity index (χ0n) is 4.29. The van der Waals surface area contributed by atoms with E-state index in [9.17, 15) is 0 Å². The molecule has 0 aromatic heterocycles. The highest BCUT2D eigenvalue weighted by atomic mass is 16.7. The average molecular weight is 113 g/mol. The fourth-order valence-corrected chi connectivity index (χ4v) is 0.455. The minimum atomic E-state index is -0.0845. The van der Waals surface area contributed by atoms with E-state index in [0.29, 0.717) is 6.61 Å². The van der Waals surface area contributed by atoms with Gasteiger partial charge in [0.2, 0.25) is 5.96 Å². The van der Waals surface area contributed by atoms with Gasteiger partial charge in [-0.15, -0.1) is 0 Å². The van der Waals surface area contributed by atoms with Crippen LogP contribution >= 0.6 is 0 Å². The molecule has 0 amide bonds. The highest BCUT2D eigenvalue weighted by Crippen LogP contribution is 1.97. The molecule has 0 saturated carbocycles. The van der Waals surface area contributed by atoms with E-state index in [4.69, 9.17) is 16.0 Å². The second-order valence-electron chi connectivity index (χ2n) is 1.39. The largest absolute Gasteiger partial charge is 0.368 e. The van der Waals surface area contributed by atoms with Crippen molar-refractivity contribution in [1.82, 2.24) is 5.06 Å². The first-order valence-corrected chi connectivity index (χ1v) is 2.23. The maximum atomic E-state index is 6.82. The van der Waals surface area contributed by atoms with Crippen molar-refractivity contribution in [2.24, 2.45) is 5.73 Å². The molecule has 8 heavy (non-hydrogen) atoms. The number of hydrogen-bond acceptors (Lipinski definition) is 2. The lowest BCUT2D eigenvalue weighted by Gasteiger charge is -2.09. The Balaban J connectivity index is 2.48. The van der Waals surface area contributed by atoms with Gasteiger partial charge in [-0.1, -0.05) is 0 Å². The van der Waals surface area contributed by atoms with Gasteiger partial charge < -0.3 is 5.73 Å². The molecule has 0 saturated heterocycles. The predicted octanol–water partition coefficient (Wildman–Crippen LogP) is -0.359. The Morgan fingerprint density at radius 2 is 2.62 bits per heavy atom. The van der Waals surface area contributed by atoms with Crippen LogP contribution in [0.1, 0.15) is 0 Å². The van der Waals surface area contributed by atoms with Gasteiger partial charge in [0.05, 0.1) is 6.61 Å². The lowest BCUT2D eigenvalue weighted by Crippen LogP contribution is -2.29. The van der Waals surface area contributed by atoms with E-state index >= 15 is 0 Å². The number of nitrogens with two attached hydrogens (primary N) is 1. The maximum Gasteiger partial charge on any atom is 0.217 e. The Hall–Kier alpha value is -1.03. The van der Waals surface area contributed by atoms with E-state index in [1.807, 2.05) is 0 Å². The van der Waals surface area contributed by atoms with Gasteiger partial charge in [0.15, 0.2) is 0 Å². The van der Waals surface area contributed by atoms with Gasteiger partial charge in [-0.05, 0) is 6.08 Å². The number of nitrogens with one attached hydrogen (secondary N) is 1. The first kappa shape index (κ1) is 5.11. The Kier molecular flexibility index (Phi) is 1.17. The Morgan fingerprint density at radius 1 is 1.88 bits per heavy atom. The first-order chi connectivity index (χ1) is 3.80. The van der Waals surface area contributed by atoms with E-state index in [1.165, 1.54) is 5.06 Å². The van der Waals surface area contributed by atoms with Crippen molar-refractivity contribution >= 4 is 5.96 Å². The number of rotatable bonds is 0. The molecule has 0 bridgehead atoms. The maximum absolute atomic E-state index is 6.82. The minimum absolute atomic E-state index is 0.0845. The summed E-state index contributed by atoms with van der Waals surface area (Å²) in [5.74, 6) is -0.0845. The molecule has 0 unspecified atom stereocenters. The SMILES string of the molecule is N=C(N)N1C=CCO1. The van der Waals surface area contributed by atoms with Crippen LogP contribution in [0.4, 0.5) is 0 Å². The molecule has 3 N–H and O–H groups in total. The van der Waals surface area contributed by atoms with E-state index in [0.717, 1.165) is 0 Å². The standard InChI is InChI=1S/C4H7N3O/c5-4(6)7-2-1-3-8-7/h1-2H,3H2,(H3,5,6). The molecule has 0 atom stereocenters. The number of hydrogen-bond donors (Lipinski definition) is 2. The van der Waals surface area contributed by atoms with Gasteiger partial charge in [-0.2, -0.15) is 5.06 Å². The summed E-state index contributed by atoms with van der Waals surface area (Å²) < 4.78 is 0. The lowest BCUT2D eigenvalue weighted by atomic mass is 10.7. The van der Waals surface area contributed by atoms with Gasteiger partial charge in [0.1, 0.15) is 0 Å². The summed E-state index contributed by atoms with van der Waals surface area (Å²) in [7, 11) is 0. The molecule has 0 radical (unpaired) electrons. The Bertz CT molecular complexity index is 131. The molecule has 0 aromatic carbocycles. The molecule has 4 heteroatoms. The summed E-state index contributed by atoms with van der Waals surface area (Å²) in [5.41, 5.74) is 5.03. The molecular formula is C4H7N3O. The summed E-state index contributed by atoms with van der Waals surface area (Å²) in [6, 6.07) is 0. The van der Waals surface area contributed by atoms with Crippen LogP contribution in [0.15, 0.2) is 12.3 Å². The zero-order valence-corrected chi connectivity index (χ0v) is 4.29. The smallest absolute Gasteiger partial charge is 0.217 e. The van der Waals surface area contributed by atoms with E-state index in [-0.39, 0.29) is 5.96 Å². The van der Waals surface area contributed by atoms with Gasteiger partial charge in [0.25, 0.3) is 0 Å². The van der Waals surface area contributed by atoms with Crippen LogP contribution in [0.5, 0.6) is 0 Å². The van der Waals surface area contributed by atoms with Crippen LogP contribution in [-0.2, 0) is 4.84 Å². The van der Waals surface area contributed by atoms with Crippen LogP contribution in [0, 0.1) is 5.41 Å². The highest BCUT2D eigenvalue weighted by molar-refractivity contribution is 5.74. The summed E-state index contributed by atoms with van der Waals surface area (Å²) in [4.78, 5) is 4.79. The first-order valence-electron chi connectivity index (χ1n) is 2.23. The van der Waals surface area contributed by atoms with E-state index in [2.05, 4.69) is 0 Å². The van der Waals surface area contributed by atoms with Gasteiger partial charge in [-0.3, -0.25) is 10.2 Å². The summed E-state index contributed by atoms with van der Waals surface area (Å²) >= 11 is 0. The van der Waals surface area contributed by atoms with E-state index < -0.39 is 0 Å². The van der Waals surface area contributed by atoms with Crippen molar-refractivity contribution in [3.63, 3.8) is 0 Å². The second kappa shape index (κ2) is 1.83. The molecule has 0 aliphatic carbocycles. The summed E-state index contributed by atoms with van der Waals surface area (Å²) in [6.45, 7) is 0.513.